The average molecular weight is 300 g/mol. The molecule has 0 saturated carbocycles. The van der Waals surface area contributed by atoms with Crippen LogP contribution in [0.15, 0.2) is 0 Å². The van der Waals surface area contributed by atoms with Crippen LogP contribution in [-0.4, -0.2) is 0 Å². The van der Waals surface area contributed by atoms with Gasteiger partial charge in [-0.1, -0.05) is 53.4 Å². The number of hydrogen-bond donors (Lipinski definition) is 0. The van der Waals surface area contributed by atoms with Crippen molar-refractivity contribution < 1.29 is 21.7 Å². The van der Waals surface area contributed by atoms with Crippen LogP contribution in [0, 0.1) is 38.5 Å². The van der Waals surface area contributed by atoms with E-state index in [1.165, 1.54) is 38.5 Å². The zero-order valence-corrected chi connectivity index (χ0v) is 15.5. The largest absolute Gasteiger partial charge is 4.00 e. The topological polar surface area (TPSA) is 0 Å². The molecule has 112 valence electrons. The Morgan fingerprint density at radius 3 is 1.05 bits per heavy atom. The molecule has 1 heteroatoms. The second-order valence-electron chi connectivity index (χ2n) is 5.91. The van der Waals surface area contributed by atoms with Crippen LogP contribution in [0.5, 0.6) is 0 Å². The molecule has 0 unspecified atom stereocenters. The van der Waals surface area contributed by atoms with Gasteiger partial charge in [0.1, 0.15) is 0 Å². The van der Waals surface area contributed by atoms with Crippen molar-refractivity contribution in [2.75, 3.05) is 0 Å². The molecular formula is C18H36Ti. The van der Waals surface area contributed by atoms with Gasteiger partial charge in [0.05, 0.1) is 0 Å². The Morgan fingerprint density at radius 2 is 0.895 bits per heavy atom. The summed E-state index contributed by atoms with van der Waals surface area (Å²) < 4.78 is 0. The van der Waals surface area contributed by atoms with Crippen LogP contribution >= 0.6 is 0 Å². The van der Waals surface area contributed by atoms with Crippen molar-refractivity contribution in [2.24, 2.45) is 10.8 Å². The summed E-state index contributed by atoms with van der Waals surface area (Å²) in [6.07, 6.45) is 9.56. The molecule has 0 N–H and O–H groups in total. The molecule has 0 aromatic heterocycles. The minimum absolute atomic E-state index is 0. The number of rotatable bonds is 8. The molecule has 0 aromatic carbocycles. The maximum atomic E-state index is 4.01. The zero-order valence-electron chi connectivity index (χ0n) is 14.0. The van der Waals surface area contributed by atoms with Gasteiger partial charge in [-0.2, -0.15) is 0 Å². The summed E-state index contributed by atoms with van der Waals surface area (Å²) >= 11 is 0. The van der Waals surface area contributed by atoms with Crippen molar-refractivity contribution in [3.63, 3.8) is 0 Å². The van der Waals surface area contributed by atoms with Gasteiger partial charge in [-0.05, 0) is 0 Å². The molecule has 0 aliphatic rings. The van der Waals surface area contributed by atoms with Gasteiger partial charge >= 0.3 is 21.7 Å². The second kappa shape index (κ2) is 13.7. The average Bonchev–Trinajstić information content (AvgIpc) is 2.35. The molecule has 0 bridgehead atoms. The van der Waals surface area contributed by atoms with E-state index in [0.29, 0.717) is 0 Å². The molecule has 0 rings (SSSR count). The standard InChI is InChI=1S/2C9H18.Ti/c2*1-5-7-8-9(3,4)6-2;/h2*3-8H2,1-2H3;/q2*-2;+4. The molecule has 0 saturated heterocycles. The summed E-state index contributed by atoms with van der Waals surface area (Å²) in [5.41, 5.74) is 0.187. The van der Waals surface area contributed by atoms with Crippen LogP contribution in [-0.2, 0) is 21.7 Å². The maximum absolute atomic E-state index is 4.01. The smallest absolute Gasteiger partial charge is 0.367 e. The monoisotopic (exact) mass is 300 g/mol. The fraction of sp³-hybridized carbons (Fsp3) is 0.778. The summed E-state index contributed by atoms with van der Waals surface area (Å²) in [6, 6.07) is 0. The van der Waals surface area contributed by atoms with Crippen LogP contribution in [0.3, 0.4) is 0 Å². The van der Waals surface area contributed by atoms with Crippen LogP contribution < -0.4 is 0 Å². The minimum atomic E-state index is 0. The summed E-state index contributed by atoms with van der Waals surface area (Å²) in [7, 11) is 0. The van der Waals surface area contributed by atoms with Crippen LogP contribution in [0.25, 0.3) is 0 Å². The van der Waals surface area contributed by atoms with Gasteiger partial charge < -0.3 is 27.7 Å². The third-order valence-electron chi connectivity index (χ3n) is 3.62. The Balaban J connectivity index is -0.000000256. The first kappa shape index (κ1) is 24.7. The Morgan fingerprint density at radius 1 is 0.632 bits per heavy atom. The number of unbranched alkanes of at least 4 members (excludes halogenated alkanes) is 2. The van der Waals surface area contributed by atoms with Gasteiger partial charge in [0.15, 0.2) is 0 Å². The van der Waals surface area contributed by atoms with Crippen molar-refractivity contribution in [2.45, 2.75) is 79.1 Å². The quantitative estimate of drug-likeness (QED) is 0.355. The maximum Gasteiger partial charge on any atom is 4.00 e. The van der Waals surface area contributed by atoms with E-state index in [4.69, 9.17) is 0 Å². The summed E-state index contributed by atoms with van der Waals surface area (Å²) in [5, 5.41) is 0. The zero-order chi connectivity index (χ0) is 14.7. The fourth-order valence-electron chi connectivity index (χ4n) is 1.46. The Kier molecular flexibility index (Phi) is 17.8. The van der Waals surface area contributed by atoms with E-state index in [0.717, 1.165) is 12.8 Å². The van der Waals surface area contributed by atoms with Gasteiger partial charge in [0, 0.05) is 0 Å². The first-order chi connectivity index (χ1) is 8.24. The fourth-order valence-corrected chi connectivity index (χ4v) is 1.46. The molecule has 0 spiro atoms. The molecule has 0 aliphatic carbocycles. The molecule has 0 nitrogen and oxygen atoms in total. The summed E-state index contributed by atoms with van der Waals surface area (Å²) in [6.45, 7) is 24.8. The van der Waals surface area contributed by atoms with Crippen molar-refractivity contribution in [3.8, 4) is 0 Å². The molecule has 19 heavy (non-hydrogen) atoms. The van der Waals surface area contributed by atoms with E-state index in [1.54, 1.807) is 0 Å². The Hall–Kier alpha value is 0.714. The van der Waals surface area contributed by atoms with E-state index in [-0.39, 0.29) is 32.5 Å². The van der Waals surface area contributed by atoms with Crippen LogP contribution in [0.4, 0.5) is 0 Å². The van der Waals surface area contributed by atoms with Crippen molar-refractivity contribution in [3.05, 3.63) is 27.7 Å². The predicted octanol–water partition coefficient (Wildman–Crippen LogP) is 6.48. The molecule has 0 heterocycles. The van der Waals surface area contributed by atoms with Gasteiger partial charge in [-0.25, -0.2) is 0 Å². The van der Waals surface area contributed by atoms with Crippen LogP contribution in [0.1, 0.15) is 79.1 Å². The second-order valence-corrected chi connectivity index (χ2v) is 5.91. The van der Waals surface area contributed by atoms with Crippen molar-refractivity contribution in [1.29, 1.82) is 0 Å². The predicted molar refractivity (Wildman–Crippen MR) is 85.9 cm³/mol. The molecule has 0 aliphatic heterocycles. The molecular weight excluding hydrogens is 264 g/mol. The minimum Gasteiger partial charge on any atom is -0.367 e. The van der Waals surface area contributed by atoms with E-state index in [1.807, 2.05) is 0 Å². The number of hydrogen-bond acceptors (Lipinski definition) is 0. The van der Waals surface area contributed by atoms with Gasteiger partial charge in [-0.15, -0.1) is 25.7 Å². The summed E-state index contributed by atoms with van der Waals surface area (Å²) in [4.78, 5) is 0. The molecule has 0 fully saturated rings. The molecule has 0 aromatic rings. The Bertz CT molecular complexity index is 151. The van der Waals surface area contributed by atoms with Gasteiger partial charge in [0.2, 0.25) is 0 Å². The van der Waals surface area contributed by atoms with E-state index >= 15 is 0 Å². The van der Waals surface area contributed by atoms with Gasteiger partial charge in [0.25, 0.3) is 0 Å². The molecule has 0 atom stereocenters. The third-order valence-corrected chi connectivity index (χ3v) is 3.62. The SMILES string of the molecule is [CH2-]C([CH2-])(CC)CCCC.[CH2-]C([CH2-])(CC)CCCC.[Ti+4]. The van der Waals surface area contributed by atoms with Crippen molar-refractivity contribution in [1.82, 2.24) is 0 Å². The third kappa shape index (κ3) is 18.7. The summed E-state index contributed by atoms with van der Waals surface area (Å²) in [5.74, 6) is 0. The van der Waals surface area contributed by atoms with Gasteiger partial charge in [-0.3, -0.25) is 10.8 Å². The normalized spacial score (nSPS) is 11.4. The first-order valence-electron chi connectivity index (χ1n) is 7.66. The van der Waals surface area contributed by atoms with Crippen molar-refractivity contribution >= 4 is 0 Å². The van der Waals surface area contributed by atoms with E-state index in [2.05, 4.69) is 55.4 Å². The van der Waals surface area contributed by atoms with E-state index in [9.17, 15) is 0 Å². The molecule has 0 amide bonds. The van der Waals surface area contributed by atoms with Crippen LogP contribution in [0.2, 0.25) is 0 Å². The first-order valence-corrected chi connectivity index (χ1v) is 7.66. The van der Waals surface area contributed by atoms with E-state index < -0.39 is 0 Å². The Labute approximate surface area is 139 Å². The molecule has 0 radical (unpaired) electrons.